The fraction of sp³-hybridized carbons (Fsp3) is 0.400. The highest BCUT2D eigenvalue weighted by Gasteiger charge is 2.04. The van der Waals surface area contributed by atoms with E-state index in [9.17, 15) is 0 Å². The monoisotopic (exact) mass is 315 g/mol. The molecule has 1 rings (SSSR count). The van der Waals surface area contributed by atoms with Crippen molar-refractivity contribution in [3.05, 3.63) is 41.6 Å². The van der Waals surface area contributed by atoms with Crippen molar-refractivity contribution in [1.29, 1.82) is 0 Å². The van der Waals surface area contributed by atoms with E-state index in [1.54, 1.807) is 0 Å². The maximum absolute atomic E-state index is 8.60. The molecule has 0 aliphatic heterocycles. The highest BCUT2D eigenvalue weighted by atomic mass is 35.7. The summed E-state index contributed by atoms with van der Waals surface area (Å²) in [5.41, 5.74) is 5.76. The zero-order valence-corrected chi connectivity index (χ0v) is 13.3. The van der Waals surface area contributed by atoms with E-state index in [2.05, 4.69) is 67.8 Å². The topological polar surface area (TPSA) is 92.7 Å². The number of nitrogens with zero attached hydrogens (tertiary/aromatic N) is 1. The number of anilines is 1. The van der Waals surface area contributed by atoms with E-state index in [-0.39, 0.29) is 0 Å². The zero-order valence-electron chi connectivity index (χ0n) is 12.6. The minimum atomic E-state index is -4.69. The highest BCUT2D eigenvalue weighted by Crippen LogP contribution is 2.20. The Labute approximate surface area is 128 Å². The first-order valence-corrected chi connectivity index (χ1v) is 7.97. The van der Waals surface area contributed by atoms with Gasteiger partial charge in [-0.3, -0.25) is 0 Å². The summed E-state index contributed by atoms with van der Waals surface area (Å²) in [6, 6.07) is 8.48. The first-order valence-electron chi connectivity index (χ1n) is 6.71. The van der Waals surface area contributed by atoms with Gasteiger partial charge >= 0.3 is 0 Å². The van der Waals surface area contributed by atoms with Crippen LogP contribution in [-0.4, -0.2) is 17.7 Å². The lowest BCUT2D eigenvalue weighted by Gasteiger charge is -2.22. The highest BCUT2D eigenvalue weighted by molar-refractivity contribution is 5.67. The van der Waals surface area contributed by atoms with E-state index >= 15 is 0 Å². The van der Waals surface area contributed by atoms with Crippen molar-refractivity contribution in [3.8, 4) is 0 Å². The predicted molar refractivity (Wildman–Crippen MR) is 75.1 cm³/mol. The van der Waals surface area contributed by atoms with Crippen LogP contribution < -0.4 is 18.9 Å². The third-order valence-electron chi connectivity index (χ3n) is 2.60. The Hall–Kier alpha value is -1.33. The zero-order chi connectivity index (χ0) is 16.3. The second kappa shape index (κ2) is 10.4. The van der Waals surface area contributed by atoms with Gasteiger partial charge in [0.2, 0.25) is 0 Å². The van der Waals surface area contributed by atoms with Crippen LogP contribution in [0.2, 0.25) is 0 Å². The average Bonchev–Trinajstić information content (AvgIpc) is 2.40. The number of hydrogen-bond acceptors (Lipinski definition) is 5. The second-order valence-electron chi connectivity index (χ2n) is 4.05. The van der Waals surface area contributed by atoms with Crippen molar-refractivity contribution in [1.82, 2.24) is 0 Å². The number of allylic oxidation sites excluding steroid dienone is 1. The molecule has 0 aliphatic carbocycles. The molecule has 21 heavy (non-hydrogen) atoms. The predicted octanol–water partition coefficient (Wildman–Crippen LogP) is -0.0129. The van der Waals surface area contributed by atoms with Gasteiger partial charge in [0.05, 0.1) is 14.9 Å². The molecular formula is C15H22ClNO4. The average molecular weight is 316 g/mol. The van der Waals surface area contributed by atoms with E-state index in [0.29, 0.717) is 0 Å². The van der Waals surface area contributed by atoms with Gasteiger partial charge in [-0.15, -0.1) is 5.73 Å². The minimum absolute atomic E-state index is 1.03. The minimum Gasteiger partial charge on any atom is -0.372 e. The molecule has 0 fully saturated rings. The molecule has 1 aromatic carbocycles. The summed E-state index contributed by atoms with van der Waals surface area (Å²) in [5, 5.41) is 0. The van der Waals surface area contributed by atoms with Gasteiger partial charge in [-0.1, -0.05) is 25.1 Å². The number of para-hydroxylation sites is 1. The molecule has 0 aromatic heterocycles. The first kappa shape index (κ1) is 19.7. The molecule has 0 atom stereocenters. The summed E-state index contributed by atoms with van der Waals surface area (Å²) < 4.78 is 32.7. The molecule has 5 nitrogen and oxygen atoms in total. The first-order chi connectivity index (χ1) is 9.83. The second-order valence-corrected chi connectivity index (χ2v) is 4.84. The summed E-state index contributed by atoms with van der Waals surface area (Å²) in [7, 11) is -4.69. The van der Waals surface area contributed by atoms with E-state index in [0.717, 1.165) is 19.5 Å². The number of rotatable bonds is 5. The van der Waals surface area contributed by atoms with Gasteiger partial charge in [-0.05, 0) is 38.5 Å². The lowest BCUT2D eigenvalue weighted by atomic mass is 10.1. The Morgan fingerprint density at radius 3 is 2.14 bits per heavy atom. The van der Waals surface area contributed by atoms with Crippen LogP contribution in [0.3, 0.4) is 0 Å². The molecule has 1 N–H and O–H groups in total. The molecule has 0 spiro atoms. The molecule has 6 heteroatoms. The lowest BCUT2D eigenvalue weighted by molar-refractivity contribution is -1.92. The van der Waals surface area contributed by atoms with Gasteiger partial charge in [0.15, 0.2) is 0 Å². The van der Waals surface area contributed by atoms with E-state index < -0.39 is 10.2 Å². The molecule has 0 amide bonds. The van der Waals surface area contributed by atoms with Crippen LogP contribution in [0.15, 0.2) is 36.1 Å². The van der Waals surface area contributed by atoms with Crippen molar-refractivity contribution in [3.63, 3.8) is 0 Å². The molecule has 0 saturated carbocycles. The van der Waals surface area contributed by atoms with Crippen LogP contribution in [0.25, 0.3) is 6.08 Å². The number of halogens is 1. The van der Waals surface area contributed by atoms with Crippen molar-refractivity contribution < 1.29 is 28.9 Å². The van der Waals surface area contributed by atoms with Crippen LogP contribution in [0.5, 0.6) is 0 Å². The molecular weight excluding hydrogens is 294 g/mol. The Bertz CT molecular complexity index is 455. The van der Waals surface area contributed by atoms with Gasteiger partial charge < -0.3 is 4.90 Å². The number of hydrogen-bond donors (Lipinski definition) is 1. The van der Waals surface area contributed by atoms with Crippen molar-refractivity contribution in [2.75, 3.05) is 18.0 Å². The molecule has 0 heterocycles. The van der Waals surface area contributed by atoms with Crippen LogP contribution in [0.4, 0.5) is 5.69 Å². The summed E-state index contributed by atoms with van der Waals surface area (Å²) in [4.78, 5) is 2.36. The lowest BCUT2D eigenvalue weighted by Crippen LogP contribution is -2.58. The maximum atomic E-state index is 8.60. The SMILES string of the molecule is CCC=C=Cc1ccccc1N(CC)CC.[O-][Cl+3]([O-])([O-])O. The molecule has 0 unspecified atom stereocenters. The fourth-order valence-electron chi connectivity index (χ4n) is 1.73. The Balaban J connectivity index is 0.000000690. The van der Waals surface area contributed by atoms with Crippen LogP contribution in [0, 0.1) is 10.2 Å². The van der Waals surface area contributed by atoms with Crippen LogP contribution in [-0.2, 0) is 0 Å². The third-order valence-corrected chi connectivity index (χ3v) is 2.60. The van der Waals surface area contributed by atoms with Crippen LogP contribution in [0.1, 0.15) is 32.8 Å². The van der Waals surface area contributed by atoms with Gasteiger partial charge in [0, 0.05) is 24.3 Å². The van der Waals surface area contributed by atoms with Gasteiger partial charge in [-0.2, -0.15) is 14.0 Å². The summed E-state index contributed by atoms with van der Waals surface area (Å²) in [6.45, 7) is 8.58. The van der Waals surface area contributed by atoms with Crippen LogP contribution >= 0.6 is 0 Å². The van der Waals surface area contributed by atoms with E-state index in [1.165, 1.54) is 11.3 Å². The Morgan fingerprint density at radius 2 is 1.67 bits per heavy atom. The summed E-state index contributed by atoms with van der Waals surface area (Å²) in [5.74, 6) is 0. The standard InChI is InChI=1S/C15H21N.ClHO4/c1-4-7-8-11-14-12-9-10-13-15(14)16(5-2)6-3;2-1(3,4)5/h7,9-13H,4-6H2,1-3H3;(H,2,3,4,5). The van der Waals surface area contributed by atoms with E-state index in [1.807, 2.05) is 0 Å². The molecule has 0 aliphatic rings. The molecule has 0 bridgehead atoms. The van der Waals surface area contributed by atoms with Crippen molar-refractivity contribution in [2.24, 2.45) is 0 Å². The van der Waals surface area contributed by atoms with Gasteiger partial charge in [0.1, 0.15) is 0 Å². The van der Waals surface area contributed by atoms with E-state index in [4.69, 9.17) is 18.6 Å². The maximum Gasteiger partial charge on any atom is 0.0777 e. The fourth-order valence-corrected chi connectivity index (χ4v) is 1.73. The van der Waals surface area contributed by atoms with Gasteiger partial charge in [0.25, 0.3) is 0 Å². The Kier molecular flexibility index (Phi) is 9.75. The van der Waals surface area contributed by atoms with Crippen molar-refractivity contribution >= 4 is 11.8 Å². The molecule has 0 radical (unpaired) electrons. The number of benzene rings is 1. The normalized spacial score (nSPS) is 10.0. The van der Waals surface area contributed by atoms with Gasteiger partial charge in [-0.25, -0.2) is 0 Å². The summed E-state index contributed by atoms with van der Waals surface area (Å²) in [6.07, 6.45) is 5.15. The Morgan fingerprint density at radius 1 is 1.14 bits per heavy atom. The third kappa shape index (κ3) is 10.1. The molecule has 0 saturated heterocycles. The molecule has 1 aromatic rings. The van der Waals surface area contributed by atoms with Crippen molar-refractivity contribution in [2.45, 2.75) is 27.2 Å². The smallest absolute Gasteiger partial charge is 0.0777 e. The largest absolute Gasteiger partial charge is 0.372 e. The quantitative estimate of drug-likeness (QED) is 0.771. The summed E-state index contributed by atoms with van der Waals surface area (Å²) >= 11 is 0. The molecule has 118 valence electrons.